The number of rotatable bonds is 9. The van der Waals surface area contributed by atoms with Crippen LogP contribution in [0.25, 0.3) is 11.1 Å². The van der Waals surface area contributed by atoms with Crippen LogP contribution in [0.1, 0.15) is 30.4 Å². The molecule has 0 saturated carbocycles. The number of fused-ring (bicyclic) bond motifs is 3. The van der Waals surface area contributed by atoms with Crippen LogP contribution in [0.2, 0.25) is 0 Å². The minimum absolute atomic E-state index is 0.00633. The van der Waals surface area contributed by atoms with Gasteiger partial charge in [0, 0.05) is 18.7 Å². The van der Waals surface area contributed by atoms with Crippen molar-refractivity contribution in [3.8, 4) is 11.1 Å². The first-order valence-corrected chi connectivity index (χ1v) is 12.3. The van der Waals surface area contributed by atoms with Crippen molar-refractivity contribution in [2.75, 3.05) is 19.4 Å². The zero-order valence-corrected chi connectivity index (χ0v) is 19.1. The van der Waals surface area contributed by atoms with Gasteiger partial charge >= 0.3 is 12.1 Å². The summed E-state index contributed by atoms with van der Waals surface area (Å²) in [6.45, 7) is 1.22. The molecule has 3 rings (SSSR count). The monoisotopic (exact) mass is 474 g/mol. The highest BCUT2D eigenvalue weighted by atomic mass is 32.2. The second-order valence-electron chi connectivity index (χ2n) is 8.01. The van der Waals surface area contributed by atoms with Gasteiger partial charge in [0.15, 0.2) is 9.84 Å². The minimum atomic E-state index is -3.38. The molecule has 3 N–H and O–H groups in total. The third kappa shape index (κ3) is 5.89. The van der Waals surface area contributed by atoms with E-state index < -0.39 is 45.5 Å². The average Bonchev–Trinajstić information content (AvgIpc) is 3.08. The van der Waals surface area contributed by atoms with Crippen LogP contribution in [0.4, 0.5) is 4.79 Å². The third-order valence-electron chi connectivity index (χ3n) is 5.63. The van der Waals surface area contributed by atoms with E-state index in [2.05, 4.69) is 10.6 Å². The Balaban J connectivity index is 1.64. The highest BCUT2D eigenvalue weighted by molar-refractivity contribution is 7.91. The highest BCUT2D eigenvalue weighted by Gasteiger charge is 2.30. The number of carbonyl (C=O) groups excluding carboxylic acids is 2. The van der Waals surface area contributed by atoms with Crippen LogP contribution in [0.15, 0.2) is 48.5 Å². The molecule has 1 aliphatic rings. The lowest BCUT2D eigenvalue weighted by molar-refractivity contribution is -0.139. The van der Waals surface area contributed by atoms with Crippen molar-refractivity contribution in [1.29, 1.82) is 0 Å². The number of carboxylic acids is 1. The fourth-order valence-electron chi connectivity index (χ4n) is 3.69. The topological polar surface area (TPSA) is 139 Å². The lowest BCUT2D eigenvalue weighted by Gasteiger charge is -2.19. The highest BCUT2D eigenvalue weighted by Crippen LogP contribution is 2.44. The number of amides is 2. The molecule has 2 unspecified atom stereocenters. The maximum atomic E-state index is 12.4. The standard InChI is InChI=1S/C23H26N2O7S/c1-14(33(2,30)31)12-24-22(28)20(11-21(26)27)25-23(29)32-13-19-17-9-5-3-7-15(17)16-8-4-6-10-18(16)19/h3-10,14,19-20H,11-13H2,1-2H3,(H,24,28)(H,25,29)(H,26,27). The van der Waals surface area contributed by atoms with Crippen molar-refractivity contribution in [2.45, 2.75) is 30.6 Å². The van der Waals surface area contributed by atoms with E-state index in [0.717, 1.165) is 28.5 Å². The quantitative estimate of drug-likeness (QED) is 0.505. The van der Waals surface area contributed by atoms with E-state index in [0.29, 0.717) is 0 Å². The Labute approximate surface area is 192 Å². The summed E-state index contributed by atoms with van der Waals surface area (Å²) in [7, 11) is -3.38. The van der Waals surface area contributed by atoms with E-state index in [4.69, 9.17) is 9.84 Å². The smallest absolute Gasteiger partial charge is 0.407 e. The van der Waals surface area contributed by atoms with Gasteiger partial charge in [0.2, 0.25) is 5.91 Å². The molecule has 9 nitrogen and oxygen atoms in total. The zero-order chi connectivity index (χ0) is 24.2. The van der Waals surface area contributed by atoms with Gasteiger partial charge in [0.05, 0.1) is 11.7 Å². The third-order valence-corrected chi connectivity index (χ3v) is 7.25. The minimum Gasteiger partial charge on any atom is -0.481 e. The van der Waals surface area contributed by atoms with Crippen molar-refractivity contribution >= 4 is 27.8 Å². The number of sulfone groups is 1. The van der Waals surface area contributed by atoms with Gasteiger partial charge in [-0.15, -0.1) is 0 Å². The molecular formula is C23H26N2O7S. The number of aliphatic carboxylic acids is 1. The van der Waals surface area contributed by atoms with Crippen molar-refractivity contribution in [3.63, 3.8) is 0 Å². The Hall–Kier alpha value is -3.40. The van der Waals surface area contributed by atoms with Crippen molar-refractivity contribution in [1.82, 2.24) is 10.6 Å². The molecule has 2 atom stereocenters. The Kier molecular flexibility index (Phi) is 7.37. The molecule has 0 spiro atoms. The molecule has 176 valence electrons. The largest absolute Gasteiger partial charge is 0.481 e. The number of ether oxygens (including phenoxy) is 1. The van der Waals surface area contributed by atoms with Gasteiger partial charge in [0.25, 0.3) is 0 Å². The van der Waals surface area contributed by atoms with Gasteiger partial charge in [-0.1, -0.05) is 48.5 Å². The summed E-state index contributed by atoms with van der Waals surface area (Å²) in [5.41, 5.74) is 4.15. The first-order chi connectivity index (χ1) is 15.6. The van der Waals surface area contributed by atoms with Gasteiger partial charge in [-0.2, -0.15) is 0 Å². The number of benzene rings is 2. The fraction of sp³-hybridized carbons (Fsp3) is 0.348. The summed E-state index contributed by atoms with van der Waals surface area (Å²) in [6, 6.07) is 14.2. The van der Waals surface area contributed by atoms with E-state index in [1.807, 2.05) is 48.5 Å². The fourth-order valence-corrected chi connectivity index (χ4v) is 4.07. The maximum absolute atomic E-state index is 12.4. The Morgan fingerprint density at radius 3 is 2.09 bits per heavy atom. The molecular weight excluding hydrogens is 448 g/mol. The van der Waals surface area contributed by atoms with E-state index in [9.17, 15) is 22.8 Å². The number of carboxylic acid groups (broad SMARTS) is 1. The molecule has 0 aliphatic heterocycles. The number of hydrogen-bond donors (Lipinski definition) is 3. The van der Waals surface area contributed by atoms with Crippen LogP contribution < -0.4 is 10.6 Å². The van der Waals surface area contributed by atoms with Gasteiger partial charge < -0.3 is 20.5 Å². The van der Waals surface area contributed by atoms with Crippen LogP contribution in [0, 0.1) is 0 Å². The molecule has 2 aromatic rings. The molecule has 10 heteroatoms. The van der Waals surface area contributed by atoms with Crippen LogP contribution in [-0.4, -0.2) is 62.2 Å². The summed E-state index contributed by atoms with van der Waals surface area (Å²) < 4.78 is 28.4. The van der Waals surface area contributed by atoms with Crippen molar-refractivity contribution in [3.05, 3.63) is 59.7 Å². The molecule has 33 heavy (non-hydrogen) atoms. The molecule has 0 fully saturated rings. The van der Waals surface area contributed by atoms with Crippen molar-refractivity contribution < 1.29 is 32.6 Å². The first kappa shape index (κ1) is 24.2. The number of alkyl carbamates (subject to hydrolysis) is 1. The maximum Gasteiger partial charge on any atom is 0.407 e. The lowest BCUT2D eigenvalue weighted by atomic mass is 9.98. The second kappa shape index (κ2) is 10.0. The summed E-state index contributed by atoms with van der Waals surface area (Å²) in [4.78, 5) is 36.0. The van der Waals surface area contributed by atoms with E-state index >= 15 is 0 Å². The summed E-state index contributed by atoms with van der Waals surface area (Å²) in [5.74, 6) is -2.29. The molecule has 0 heterocycles. The van der Waals surface area contributed by atoms with E-state index in [-0.39, 0.29) is 19.1 Å². The molecule has 1 aliphatic carbocycles. The van der Waals surface area contributed by atoms with Gasteiger partial charge in [-0.25, -0.2) is 13.2 Å². The Morgan fingerprint density at radius 1 is 1.03 bits per heavy atom. The predicted octanol–water partition coefficient (Wildman–Crippen LogP) is 1.92. The molecule has 0 saturated heterocycles. The van der Waals surface area contributed by atoms with E-state index in [1.165, 1.54) is 6.92 Å². The first-order valence-electron chi connectivity index (χ1n) is 10.4. The summed E-state index contributed by atoms with van der Waals surface area (Å²) in [6.07, 6.45) is -0.578. The van der Waals surface area contributed by atoms with E-state index in [1.54, 1.807) is 0 Å². The predicted molar refractivity (Wildman–Crippen MR) is 122 cm³/mol. The van der Waals surface area contributed by atoms with Gasteiger partial charge in [-0.3, -0.25) is 9.59 Å². The second-order valence-corrected chi connectivity index (χ2v) is 10.5. The number of carbonyl (C=O) groups is 3. The van der Waals surface area contributed by atoms with Crippen LogP contribution in [0.3, 0.4) is 0 Å². The SMILES string of the molecule is CC(CNC(=O)C(CC(=O)O)NC(=O)OCC1c2ccccc2-c2ccccc21)S(C)(=O)=O. The summed E-state index contributed by atoms with van der Waals surface area (Å²) in [5, 5.41) is 12.9. The van der Waals surface area contributed by atoms with Gasteiger partial charge in [0.1, 0.15) is 12.6 Å². The average molecular weight is 475 g/mol. The Bertz CT molecular complexity index is 1120. The lowest BCUT2D eigenvalue weighted by Crippen LogP contribution is -2.49. The molecule has 0 aromatic heterocycles. The zero-order valence-electron chi connectivity index (χ0n) is 18.3. The Morgan fingerprint density at radius 2 is 1.58 bits per heavy atom. The van der Waals surface area contributed by atoms with Crippen LogP contribution in [0.5, 0.6) is 0 Å². The molecule has 2 amide bonds. The van der Waals surface area contributed by atoms with Crippen LogP contribution in [-0.2, 0) is 24.2 Å². The van der Waals surface area contributed by atoms with Crippen LogP contribution >= 0.6 is 0 Å². The van der Waals surface area contributed by atoms with Crippen molar-refractivity contribution in [2.24, 2.45) is 0 Å². The number of hydrogen-bond acceptors (Lipinski definition) is 6. The molecule has 0 radical (unpaired) electrons. The molecule has 2 aromatic carbocycles. The summed E-state index contributed by atoms with van der Waals surface area (Å²) >= 11 is 0. The van der Waals surface area contributed by atoms with Gasteiger partial charge in [-0.05, 0) is 29.2 Å². The number of nitrogens with one attached hydrogen (secondary N) is 2. The normalized spacial score (nSPS) is 14.5. The molecule has 0 bridgehead atoms.